The van der Waals surface area contributed by atoms with E-state index >= 15 is 0 Å². The van der Waals surface area contributed by atoms with Crippen LogP contribution in [0.4, 0.5) is 0 Å². The van der Waals surface area contributed by atoms with E-state index in [2.05, 4.69) is 6.92 Å². The first kappa shape index (κ1) is 12.1. The lowest BCUT2D eigenvalue weighted by atomic mass is 9.73. The highest BCUT2D eigenvalue weighted by atomic mass is 16.1. The van der Waals surface area contributed by atoms with Crippen LogP contribution < -0.4 is 5.73 Å². The van der Waals surface area contributed by atoms with E-state index in [0.717, 1.165) is 25.7 Å². The van der Waals surface area contributed by atoms with Crippen LogP contribution in [0.3, 0.4) is 0 Å². The van der Waals surface area contributed by atoms with Crippen molar-refractivity contribution in [2.24, 2.45) is 23.5 Å². The van der Waals surface area contributed by atoms with E-state index in [-0.39, 0.29) is 6.04 Å². The molecule has 0 radical (unpaired) electrons. The maximum atomic E-state index is 12.5. The van der Waals surface area contributed by atoms with Gasteiger partial charge in [0.2, 0.25) is 0 Å². The van der Waals surface area contributed by atoms with Crippen LogP contribution in [0, 0.1) is 17.8 Å². The molecule has 4 atom stereocenters. The van der Waals surface area contributed by atoms with Gasteiger partial charge in [0.05, 0.1) is 0 Å². The smallest absolute Gasteiger partial charge is 0.139 e. The van der Waals surface area contributed by atoms with E-state index in [9.17, 15) is 4.79 Å². The number of hydrogen-bond acceptors (Lipinski definition) is 2. The van der Waals surface area contributed by atoms with Gasteiger partial charge in [0.15, 0.2) is 0 Å². The third-order valence-electron chi connectivity index (χ3n) is 4.67. The van der Waals surface area contributed by atoms with Crippen LogP contribution in [-0.2, 0) is 4.79 Å². The summed E-state index contributed by atoms with van der Waals surface area (Å²) in [6.45, 7) is 2.23. The molecule has 0 aromatic carbocycles. The molecule has 0 saturated heterocycles. The van der Waals surface area contributed by atoms with Gasteiger partial charge in [0.25, 0.3) is 0 Å². The minimum absolute atomic E-state index is 0.289. The minimum Gasteiger partial charge on any atom is -0.328 e. The molecule has 2 N–H and O–H groups in total. The van der Waals surface area contributed by atoms with Gasteiger partial charge in [-0.15, -0.1) is 0 Å². The Morgan fingerprint density at radius 2 is 1.94 bits per heavy atom. The van der Waals surface area contributed by atoms with Crippen LogP contribution >= 0.6 is 0 Å². The summed E-state index contributed by atoms with van der Waals surface area (Å²) in [5.41, 5.74) is 5.91. The van der Waals surface area contributed by atoms with Gasteiger partial charge in [-0.2, -0.15) is 0 Å². The number of Topliss-reactive ketones (excluding diaryl/α,β-unsaturated/α-hetero) is 1. The topological polar surface area (TPSA) is 43.1 Å². The van der Waals surface area contributed by atoms with E-state index in [0.29, 0.717) is 23.5 Å². The molecule has 0 spiro atoms. The van der Waals surface area contributed by atoms with Gasteiger partial charge < -0.3 is 5.73 Å². The average Bonchev–Trinajstić information content (AvgIpc) is 2.75. The van der Waals surface area contributed by atoms with E-state index in [4.69, 9.17) is 5.73 Å². The van der Waals surface area contributed by atoms with Crippen LogP contribution in [-0.4, -0.2) is 11.8 Å². The molecule has 2 saturated carbocycles. The fraction of sp³-hybridized carbons (Fsp3) is 0.929. The Morgan fingerprint density at radius 3 is 2.56 bits per heavy atom. The summed E-state index contributed by atoms with van der Waals surface area (Å²) < 4.78 is 0. The summed E-state index contributed by atoms with van der Waals surface area (Å²) >= 11 is 0. The molecular weight excluding hydrogens is 198 g/mol. The zero-order valence-electron chi connectivity index (χ0n) is 10.5. The highest BCUT2D eigenvalue weighted by Crippen LogP contribution is 2.37. The van der Waals surface area contributed by atoms with Gasteiger partial charge in [-0.05, 0) is 38.0 Å². The largest absolute Gasteiger partial charge is 0.328 e. The van der Waals surface area contributed by atoms with Crippen molar-refractivity contribution in [3.05, 3.63) is 0 Å². The Morgan fingerprint density at radius 1 is 1.19 bits per heavy atom. The maximum absolute atomic E-state index is 12.5. The number of carbonyl (C=O) groups is 1. The van der Waals surface area contributed by atoms with E-state index in [1.165, 1.54) is 25.7 Å². The monoisotopic (exact) mass is 223 g/mol. The number of ketones is 1. The Kier molecular flexibility index (Phi) is 4.01. The number of rotatable bonds is 3. The third kappa shape index (κ3) is 2.48. The van der Waals surface area contributed by atoms with Crippen molar-refractivity contribution < 1.29 is 4.79 Å². The molecule has 2 aliphatic rings. The first-order valence-corrected chi connectivity index (χ1v) is 7.01. The Labute approximate surface area is 99.0 Å². The first-order chi connectivity index (χ1) is 7.72. The van der Waals surface area contributed by atoms with Crippen LogP contribution in [0.1, 0.15) is 58.3 Å². The van der Waals surface area contributed by atoms with E-state index < -0.39 is 0 Å². The van der Waals surface area contributed by atoms with Gasteiger partial charge in [-0.3, -0.25) is 4.79 Å². The molecule has 0 aliphatic heterocycles. The van der Waals surface area contributed by atoms with E-state index in [1.807, 2.05) is 0 Å². The Balaban J connectivity index is 1.96. The molecule has 0 amide bonds. The Hall–Kier alpha value is -0.370. The number of carbonyl (C=O) groups excluding carboxylic acids is 1. The van der Waals surface area contributed by atoms with Crippen LogP contribution in [0.25, 0.3) is 0 Å². The van der Waals surface area contributed by atoms with Crippen molar-refractivity contribution in [1.82, 2.24) is 0 Å². The molecule has 2 fully saturated rings. The fourth-order valence-corrected chi connectivity index (χ4v) is 3.65. The number of hydrogen-bond donors (Lipinski definition) is 1. The minimum atomic E-state index is 0.289. The predicted octanol–water partition coefficient (Wildman–Crippen LogP) is 2.90. The number of nitrogens with two attached hydrogens (primary N) is 1. The third-order valence-corrected chi connectivity index (χ3v) is 4.67. The molecule has 2 rings (SSSR count). The summed E-state index contributed by atoms with van der Waals surface area (Å²) in [7, 11) is 0. The standard InChI is InChI=1S/C14H25NO/c1-2-10-5-3-4-6-13(10)14(16)11-7-8-12(15)9-11/h10-13H,2-9,15H2,1H3. The zero-order chi connectivity index (χ0) is 11.5. The summed E-state index contributed by atoms with van der Waals surface area (Å²) in [6, 6.07) is 0.289. The summed E-state index contributed by atoms with van der Waals surface area (Å²) in [5.74, 6) is 1.89. The lowest BCUT2D eigenvalue weighted by molar-refractivity contribution is -0.129. The lowest BCUT2D eigenvalue weighted by Gasteiger charge is -2.31. The zero-order valence-corrected chi connectivity index (χ0v) is 10.5. The van der Waals surface area contributed by atoms with Crippen molar-refractivity contribution in [3.63, 3.8) is 0 Å². The highest BCUT2D eigenvalue weighted by Gasteiger charge is 2.36. The quantitative estimate of drug-likeness (QED) is 0.799. The van der Waals surface area contributed by atoms with Crippen molar-refractivity contribution >= 4 is 5.78 Å². The second kappa shape index (κ2) is 5.31. The van der Waals surface area contributed by atoms with Crippen LogP contribution in [0.5, 0.6) is 0 Å². The summed E-state index contributed by atoms with van der Waals surface area (Å²) in [5, 5.41) is 0. The summed E-state index contributed by atoms with van der Waals surface area (Å²) in [6.07, 6.45) is 9.22. The molecule has 4 unspecified atom stereocenters. The van der Waals surface area contributed by atoms with Gasteiger partial charge in [-0.25, -0.2) is 0 Å². The summed E-state index contributed by atoms with van der Waals surface area (Å²) in [4.78, 5) is 12.5. The van der Waals surface area contributed by atoms with Crippen LogP contribution in [0.15, 0.2) is 0 Å². The van der Waals surface area contributed by atoms with Gasteiger partial charge in [0, 0.05) is 17.9 Å². The van der Waals surface area contributed by atoms with Crippen LogP contribution in [0.2, 0.25) is 0 Å². The molecule has 0 aromatic heterocycles. The second-order valence-electron chi connectivity index (χ2n) is 5.73. The van der Waals surface area contributed by atoms with E-state index in [1.54, 1.807) is 0 Å². The van der Waals surface area contributed by atoms with Crippen molar-refractivity contribution in [2.45, 2.75) is 64.3 Å². The predicted molar refractivity (Wildman–Crippen MR) is 66.1 cm³/mol. The van der Waals surface area contributed by atoms with Crippen molar-refractivity contribution in [2.75, 3.05) is 0 Å². The molecule has 2 heteroatoms. The van der Waals surface area contributed by atoms with Gasteiger partial charge in [-0.1, -0.05) is 26.2 Å². The highest BCUT2D eigenvalue weighted by molar-refractivity contribution is 5.84. The fourth-order valence-electron chi connectivity index (χ4n) is 3.65. The normalized spacial score (nSPS) is 39.9. The average molecular weight is 223 g/mol. The van der Waals surface area contributed by atoms with Crippen molar-refractivity contribution in [3.8, 4) is 0 Å². The van der Waals surface area contributed by atoms with Gasteiger partial charge >= 0.3 is 0 Å². The molecule has 2 aliphatic carbocycles. The first-order valence-electron chi connectivity index (χ1n) is 7.01. The van der Waals surface area contributed by atoms with Crippen molar-refractivity contribution in [1.29, 1.82) is 0 Å². The second-order valence-corrected chi connectivity index (χ2v) is 5.73. The molecule has 2 nitrogen and oxygen atoms in total. The maximum Gasteiger partial charge on any atom is 0.139 e. The SMILES string of the molecule is CCC1CCCCC1C(=O)C1CCC(N)C1. The lowest BCUT2D eigenvalue weighted by Crippen LogP contribution is -2.31. The molecule has 0 bridgehead atoms. The molecular formula is C14H25NO. The molecule has 0 aromatic rings. The molecule has 0 heterocycles. The van der Waals surface area contributed by atoms with Gasteiger partial charge in [0.1, 0.15) is 5.78 Å². The Bertz CT molecular complexity index is 251. The molecule has 16 heavy (non-hydrogen) atoms. The molecule has 92 valence electrons.